The third kappa shape index (κ3) is 5.85. The van der Waals surface area contributed by atoms with Crippen molar-refractivity contribution in [2.45, 2.75) is 38.4 Å². The molecule has 0 unspecified atom stereocenters. The lowest BCUT2D eigenvalue weighted by atomic mass is 10.0. The highest BCUT2D eigenvalue weighted by Gasteiger charge is 2.33. The van der Waals surface area contributed by atoms with Crippen molar-refractivity contribution in [3.05, 3.63) is 60.1 Å². The molecule has 43 heavy (non-hydrogen) atoms. The summed E-state index contributed by atoms with van der Waals surface area (Å²) in [5.41, 5.74) is 4.33. The van der Waals surface area contributed by atoms with Gasteiger partial charge in [0.05, 0.1) is 61.9 Å². The van der Waals surface area contributed by atoms with Crippen LogP contribution in [0.3, 0.4) is 0 Å². The maximum Gasteiger partial charge on any atom is 0.318 e. The molecule has 0 radical (unpaired) electrons. The minimum atomic E-state index is -0.248. The number of piperazine rings is 1. The van der Waals surface area contributed by atoms with Crippen molar-refractivity contribution in [3.8, 4) is 12.1 Å². The van der Waals surface area contributed by atoms with Crippen LogP contribution in [0, 0.1) is 18.3 Å². The Labute approximate surface area is 252 Å². The lowest BCUT2D eigenvalue weighted by molar-refractivity contribution is -0.128. The molecule has 1 atom stereocenters. The average Bonchev–Trinajstić information content (AvgIpc) is 2.99. The Morgan fingerprint density at radius 1 is 1.23 bits per heavy atom. The predicted molar refractivity (Wildman–Crippen MR) is 164 cm³/mol. The van der Waals surface area contributed by atoms with E-state index in [0.29, 0.717) is 44.8 Å². The number of aryl methyl sites for hydroxylation is 1. The van der Waals surface area contributed by atoms with E-state index >= 15 is 0 Å². The van der Waals surface area contributed by atoms with E-state index in [4.69, 9.17) is 19.4 Å². The van der Waals surface area contributed by atoms with Gasteiger partial charge in [0, 0.05) is 55.3 Å². The highest BCUT2D eigenvalue weighted by Crippen LogP contribution is 2.35. The first-order chi connectivity index (χ1) is 21.0. The molecular formula is C32H38N8O3. The molecule has 11 nitrogen and oxygen atoms in total. The Hall–Kier alpha value is -4.27. The van der Waals surface area contributed by atoms with E-state index < -0.39 is 0 Å². The minimum absolute atomic E-state index is 0.149. The van der Waals surface area contributed by atoms with Crippen molar-refractivity contribution in [2.24, 2.45) is 0 Å². The van der Waals surface area contributed by atoms with Crippen molar-refractivity contribution in [2.75, 3.05) is 69.4 Å². The first kappa shape index (κ1) is 28.8. The second kappa shape index (κ2) is 12.5. The summed E-state index contributed by atoms with van der Waals surface area (Å²) in [6.45, 7) is 11.5. The number of carbonyl (C=O) groups excluding carboxylic acids is 1. The van der Waals surface area contributed by atoms with Gasteiger partial charge in [0.15, 0.2) is 0 Å². The van der Waals surface area contributed by atoms with Crippen LogP contribution in [0.15, 0.2) is 43.2 Å². The van der Waals surface area contributed by atoms with Crippen LogP contribution in [-0.2, 0) is 22.5 Å². The van der Waals surface area contributed by atoms with Gasteiger partial charge >= 0.3 is 6.01 Å². The fourth-order valence-electron chi connectivity index (χ4n) is 6.24. The number of ether oxygens (including phenoxy) is 2. The topological polar surface area (TPSA) is 111 Å². The third-order valence-corrected chi connectivity index (χ3v) is 8.82. The summed E-state index contributed by atoms with van der Waals surface area (Å²) >= 11 is 0. The molecule has 2 aromatic heterocycles. The molecule has 11 heteroatoms. The molecule has 2 fully saturated rings. The summed E-state index contributed by atoms with van der Waals surface area (Å²) in [5.74, 6) is 0.686. The number of carbonyl (C=O) groups is 1. The largest absolute Gasteiger partial charge is 0.462 e. The van der Waals surface area contributed by atoms with Gasteiger partial charge in [-0.05, 0) is 32.0 Å². The van der Waals surface area contributed by atoms with Gasteiger partial charge in [-0.15, -0.1) is 0 Å². The molecule has 1 aromatic carbocycles. The Morgan fingerprint density at radius 3 is 2.86 bits per heavy atom. The van der Waals surface area contributed by atoms with Gasteiger partial charge in [0.2, 0.25) is 5.91 Å². The zero-order valence-corrected chi connectivity index (χ0v) is 24.9. The van der Waals surface area contributed by atoms with E-state index in [2.05, 4.69) is 64.5 Å². The fourth-order valence-corrected chi connectivity index (χ4v) is 6.24. The van der Waals surface area contributed by atoms with E-state index in [1.165, 1.54) is 17.0 Å². The SMILES string of the molecule is C=CC(=O)N1CCN(c2nc(OCCN(C)C3COC3)nc3c2CCN(c2cncc4cccc(C)c24)C3)C[C@@H]1CC#N. The number of hydrogen-bond acceptors (Lipinski definition) is 10. The van der Waals surface area contributed by atoms with Crippen molar-refractivity contribution in [1.29, 1.82) is 5.26 Å². The Kier molecular flexibility index (Phi) is 8.40. The summed E-state index contributed by atoms with van der Waals surface area (Å²) in [4.78, 5) is 35.5. The minimum Gasteiger partial charge on any atom is -0.462 e. The number of amides is 1. The number of nitriles is 1. The summed E-state index contributed by atoms with van der Waals surface area (Å²) in [5, 5.41) is 11.8. The third-order valence-electron chi connectivity index (χ3n) is 8.82. The van der Waals surface area contributed by atoms with Gasteiger partial charge in [-0.2, -0.15) is 15.2 Å². The summed E-state index contributed by atoms with van der Waals surface area (Å²) in [6.07, 6.45) is 6.18. The molecule has 2 saturated heterocycles. The maximum atomic E-state index is 12.5. The second-order valence-corrected chi connectivity index (χ2v) is 11.5. The maximum absolute atomic E-state index is 12.5. The van der Waals surface area contributed by atoms with Crippen LogP contribution >= 0.6 is 0 Å². The van der Waals surface area contributed by atoms with Crippen LogP contribution in [0.2, 0.25) is 0 Å². The van der Waals surface area contributed by atoms with Gasteiger partial charge < -0.3 is 24.2 Å². The van der Waals surface area contributed by atoms with E-state index in [-0.39, 0.29) is 18.4 Å². The van der Waals surface area contributed by atoms with E-state index in [1.807, 2.05) is 12.4 Å². The molecular weight excluding hydrogens is 544 g/mol. The van der Waals surface area contributed by atoms with E-state index in [0.717, 1.165) is 60.9 Å². The zero-order chi connectivity index (χ0) is 29.9. The smallest absolute Gasteiger partial charge is 0.318 e. The van der Waals surface area contributed by atoms with E-state index in [9.17, 15) is 10.1 Å². The number of likely N-dealkylation sites (N-methyl/N-ethyl adjacent to an activating group) is 1. The highest BCUT2D eigenvalue weighted by atomic mass is 16.5. The van der Waals surface area contributed by atoms with Crippen LogP contribution in [-0.4, -0.2) is 102 Å². The lowest BCUT2D eigenvalue weighted by Gasteiger charge is -2.42. The summed E-state index contributed by atoms with van der Waals surface area (Å²) in [6, 6.07) is 9.08. The van der Waals surface area contributed by atoms with Crippen molar-refractivity contribution in [1.82, 2.24) is 24.8 Å². The van der Waals surface area contributed by atoms with Crippen molar-refractivity contribution >= 4 is 28.2 Å². The number of anilines is 2. The average molecular weight is 583 g/mol. The number of aromatic nitrogens is 3. The van der Waals surface area contributed by atoms with Crippen LogP contribution in [0.1, 0.15) is 23.2 Å². The number of rotatable bonds is 9. The highest BCUT2D eigenvalue weighted by molar-refractivity contribution is 5.96. The van der Waals surface area contributed by atoms with Crippen LogP contribution in [0.25, 0.3) is 10.8 Å². The number of hydrogen-bond donors (Lipinski definition) is 0. The monoisotopic (exact) mass is 582 g/mol. The van der Waals surface area contributed by atoms with Gasteiger partial charge in [-0.25, -0.2) is 0 Å². The number of pyridine rings is 1. The molecule has 3 aromatic rings. The predicted octanol–water partition coefficient (Wildman–Crippen LogP) is 2.72. The second-order valence-electron chi connectivity index (χ2n) is 11.5. The zero-order valence-electron chi connectivity index (χ0n) is 24.9. The lowest BCUT2D eigenvalue weighted by Crippen LogP contribution is -2.55. The van der Waals surface area contributed by atoms with Crippen LogP contribution in [0.5, 0.6) is 6.01 Å². The Balaban J connectivity index is 1.30. The Bertz CT molecular complexity index is 1550. The summed E-state index contributed by atoms with van der Waals surface area (Å²) < 4.78 is 11.5. The molecule has 0 bridgehead atoms. The van der Waals surface area contributed by atoms with Crippen molar-refractivity contribution in [3.63, 3.8) is 0 Å². The van der Waals surface area contributed by atoms with Crippen molar-refractivity contribution < 1.29 is 14.3 Å². The van der Waals surface area contributed by atoms with Crippen LogP contribution < -0.4 is 14.5 Å². The van der Waals surface area contributed by atoms with E-state index in [1.54, 1.807) is 4.90 Å². The van der Waals surface area contributed by atoms with Gasteiger partial charge in [0.1, 0.15) is 12.4 Å². The summed E-state index contributed by atoms with van der Waals surface area (Å²) in [7, 11) is 2.08. The molecule has 5 heterocycles. The normalized spacial score (nSPS) is 18.7. The molecule has 0 N–H and O–H groups in total. The molecule has 224 valence electrons. The number of nitrogens with zero attached hydrogens (tertiary/aromatic N) is 8. The molecule has 3 aliphatic heterocycles. The number of fused-ring (bicyclic) bond motifs is 2. The first-order valence-corrected chi connectivity index (χ1v) is 14.9. The molecule has 0 aliphatic carbocycles. The fraction of sp³-hybridized carbons (Fsp3) is 0.469. The van der Waals surface area contributed by atoms with Gasteiger partial charge in [-0.1, -0.05) is 24.8 Å². The molecule has 0 spiro atoms. The van der Waals surface area contributed by atoms with Crippen LogP contribution in [0.4, 0.5) is 11.5 Å². The first-order valence-electron chi connectivity index (χ1n) is 14.9. The number of benzene rings is 1. The van der Waals surface area contributed by atoms with Gasteiger partial charge in [0.25, 0.3) is 0 Å². The molecule has 0 saturated carbocycles. The quantitative estimate of drug-likeness (QED) is 0.349. The Morgan fingerprint density at radius 2 is 2.09 bits per heavy atom. The van der Waals surface area contributed by atoms with Gasteiger partial charge in [-0.3, -0.25) is 14.7 Å². The molecule has 1 amide bonds. The molecule has 3 aliphatic rings. The molecule has 6 rings (SSSR count). The standard InChI is InChI=1S/C32H38N8O3/c1-4-29(41)40-13-12-39(18-24(40)8-10-33)31-26-9-11-38(28-17-34-16-23-7-5-6-22(2)30(23)28)19-27(26)35-32(36-31)43-15-14-37(3)25-20-42-21-25/h4-7,16-17,24-25H,1,8-9,11-15,18-21H2,2-3H3/t24-/m0/s1.